The molecule has 2 nitrogen and oxygen atoms in total. The molecular formula is C20H23NOS. The molecule has 0 aromatic heterocycles. The van der Waals surface area contributed by atoms with Crippen LogP contribution in [-0.2, 0) is 0 Å². The van der Waals surface area contributed by atoms with Gasteiger partial charge < -0.3 is 4.74 Å². The first-order valence-electron chi connectivity index (χ1n) is 8.65. The van der Waals surface area contributed by atoms with Crippen molar-refractivity contribution in [1.29, 1.82) is 0 Å². The van der Waals surface area contributed by atoms with Crippen molar-refractivity contribution in [3.63, 3.8) is 0 Å². The molecule has 0 radical (unpaired) electrons. The lowest BCUT2D eigenvalue weighted by Gasteiger charge is -2.18. The van der Waals surface area contributed by atoms with Gasteiger partial charge in [0.2, 0.25) is 0 Å². The Labute approximate surface area is 142 Å². The first-order valence-corrected chi connectivity index (χ1v) is 9.46. The van der Waals surface area contributed by atoms with Crippen molar-refractivity contribution in [2.24, 2.45) is 4.99 Å². The van der Waals surface area contributed by atoms with E-state index >= 15 is 0 Å². The third-order valence-corrected chi connectivity index (χ3v) is 6.24. The molecular weight excluding hydrogens is 302 g/mol. The van der Waals surface area contributed by atoms with Crippen LogP contribution in [0.4, 0.5) is 0 Å². The average molecular weight is 325 g/mol. The number of allylic oxidation sites excluding steroid dienone is 3. The Morgan fingerprint density at radius 3 is 2.87 bits per heavy atom. The Kier molecular flexibility index (Phi) is 4.30. The predicted octanol–water partition coefficient (Wildman–Crippen LogP) is 5.56. The molecule has 1 saturated carbocycles. The second-order valence-electron chi connectivity index (χ2n) is 6.56. The van der Waals surface area contributed by atoms with Crippen molar-refractivity contribution < 1.29 is 4.74 Å². The number of benzene rings is 1. The molecule has 2 fully saturated rings. The summed E-state index contributed by atoms with van der Waals surface area (Å²) in [5, 5.41) is 1.33. The minimum Gasteiger partial charge on any atom is -0.496 e. The zero-order valence-electron chi connectivity index (χ0n) is 13.6. The Morgan fingerprint density at radius 2 is 2.04 bits per heavy atom. The summed E-state index contributed by atoms with van der Waals surface area (Å²) in [5.74, 6) is 1.42. The number of fused-ring (bicyclic) bond motifs is 3. The van der Waals surface area contributed by atoms with Crippen LogP contribution in [0.2, 0.25) is 0 Å². The van der Waals surface area contributed by atoms with E-state index in [1.165, 1.54) is 53.2 Å². The summed E-state index contributed by atoms with van der Waals surface area (Å²) in [6.45, 7) is 0. The predicted molar refractivity (Wildman–Crippen MR) is 99.4 cm³/mol. The van der Waals surface area contributed by atoms with Gasteiger partial charge in [-0.25, -0.2) is 0 Å². The molecule has 3 aliphatic rings. The smallest absolute Gasteiger partial charge is 0.126 e. The van der Waals surface area contributed by atoms with Crippen LogP contribution in [0.1, 0.15) is 55.6 Å². The van der Waals surface area contributed by atoms with Gasteiger partial charge in [0.25, 0.3) is 0 Å². The van der Waals surface area contributed by atoms with Crippen LogP contribution >= 0.6 is 11.8 Å². The van der Waals surface area contributed by atoms with Crippen LogP contribution in [0.15, 0.2) is 40.2 Å². The van der Waals surface area contributed by atoms with Gasteiger partial charge in [0, 0.05) is 17.9 Å². The molecule has 3 heteroatoms. The van der Waals surface area contributed by atoms with Gasteiger partial charge in [-0.1, -0.05) is 61.4 Å². The third kappa shape index (κ3) is 2.99. The summed E-state index contributed by atoms with van der Waals surface area (Å²) < 4.78 is 5.55. The quantitative estimate of drug-likeness (QED) is 0.710. The number of nitrogens with zero attached hydrogens (tertiary/aromatic N) is 1. The van der Waals surface area contributed by atoms with Crippen LogP contribution < -0.4 is 4.74 Å². The molecule has 120 valence electrons. The maximum Gasteiger partial charge on any atom is 0.126 e. The number of ether oxygens (including phenoxy) is 1. The third-order valence-electron chi connectivity index (χ3n) is 5.08. The fourth-order valence-corrected chi connectivity index (χ4v) is 5.11. The molecule has 0 N–H and O–H groups in total. The number of methoxy groups -OCH3 is 1. The Morgan fingerprint density at radius 1 is 1.17 bits per heavy atom. The van der Waals surface area contributed by atoms with Crippen molar-refractivity contribution in [1.82, 2.24) is 0 Å². The van der Waals surface area contributed by atoms with Crippen molar-refractivity contribution >= 4 is 22.9 Å². The van der Waals surface area contributed by atoms with Gasteiger partial charge in [-0.15, -0.1) is 0 Å². The summed E-state index contributed by atoms with van der Waals surface area (Å²) >= 11 is 1.90. The monoisotopic (exact) mass is 325 g/mol. The minimum atomic E-state index is 0.447. The second-order valence-corrected chi connectivity index (χ2v) is 7.71. The van der Waals surface area contributed by atoms with Gasteiger partial charge in [0.1, 0.15) is 5.75 Å². The molecule has 1 aromatic carbocycles. The normalized spacial score (nSPS) is 25.7. The van der Waals surface area contributed by atoms with E-state index < -0.39 is 0 Å². The van der Waals surface area contributed by atoms with Crippen molar-refractivity contribution in [2.45, 2.75) is 50.5 Å². The molecule has 2 aliphatic carbocycles. The van der Waals surface area contributed by atoms with E-state index in [4.69, 9.17) is 9.73 Å². The molecule has 1 atom stereocenters. The van der Waals surface area contributed by atoms with E-state index in [-0.39, 0.29) is 0 Å². The zero-order valence-corrected chi connectivity index (χ0v) is 14.4. The van der Waals surface area contributed by atoms with Gasteiger partial charge in [0.05, 0.1) is 18.2 Å². The SMILES string of the molecule is COc1cccc2c1C=CC=C1SC(=NC3CCCCC3)CC12. The van der Waals surface area contributed by atoms with Crippen LogP contribution in [0, 0.1) is 0 Å². The summed E-state index contributed by atoms with van der Waals surface area (Å²) in [4.78, 5) is 6.52. The van der Waals surface area contributed by atoms with Crippen LogP contribution in [0.3, 0.4) is 0 Å². The molecule has 1 aromatic rings. The lowest BCUT2D eigenvalue weighted by atomic mass is 9.91. The highest BCUT2D eigenvalue weighted by Gasteiger charge is 2.31. The highest BCUT2D eigenvalue weighted by atomic mass is 32.2. The van der Waals surface area contributed by atoms with E-state index in [1.807, 2.05) is 17.8 Å². The maximum atomic E-state index is 5.55. The number of aliphatic imine (C=N–C) groups is 1. The molecule has 1 heterocycles. The molecule has 1 aliphatic heterocycles. The van der Waals surface area contributed by atoms with E-state index in [1.54, 1.807) is 7.11 Å². The fraction of sp³-hybridized carbons (Fsp3) is 0.450. The van der Waals surface area contributed by atoms with Gasteiger partial charge in [-0.05, 0) is 29.4 Å². The largest absolute Gasteiger partial charge is 0.496 e. The summed E-state index contributed by atoms with van der Waals surface area (Å²) in [6.07, 6.45) is 14.3. The highest BCUT2D eigenvalue weighted by Crippen LogP contribution is 2.48. The molecule has 1 saturated heterocycles. The molecule has 0 amide bonds. The van der Waals surface area contributed by atoms with Crippen molar-refractivity contribution in [2.75, 3.05) is 7.11 Å². The average Bonchev–Trinajstić information content (AvgIpc) is 2.90. The molecule has 4 rings (SSSR count). The minimum absolute atomic E-state index is 0.447. The van der Waals surface area contributed by atoms with Crippen LogP contribution in [0.25, 0.3) is 6.08 Å². The number of hydrogen-bond acceptors (Lipinski definition) is 3. The topological polar surface area (TPSA) is 21.6 Å². The van der Waals surface area contributed by atoms with E-state index in [2.05, 4.69) is 30.4 Å². The van der Waals surface area contributed by atoms with Gasteiger partial charge >= 0.3 is 0 Å². The van der Waals surface area contributed by atoms with Crippen molar-refractivity contribution in [3.05, 3.63) is 46.4 Å². The summed E-state index contributed by atoms with van der Waals surface area (Å²) in [5.41, 5.74) is 2.61. The standard InChI is InChI=1S/C20H23NOS/c1-22-18-11-5-9-15-16(18)10-6-12-19-17(15)13-20(23-19)21-14-7-3-2-4-8-14/h5-6,9-12,14,17H,2-4,7-8,13H2,1H3. The Balaban J connectivity index is 1.64. The lowest BCUT2D eigenvalue weighted by Crippen LogP contribution is -2.11. The highest BCUT2D eigenvalue weighted by molar-refractivity contribution is 8.17. The molecule has 0 bridgehead atoms. The summed E-state index contributed by atoms with van der Waals surface area (Å²) in [7, 11) is 1.75. The Bertz CT molecular complexity index is 683. The summed E-state index contributed by atoms with van der Waals surface area (Å²) in [6, 6.07) is 6.97. The fourth-order valence-electron chi connectivity index (χ4n) is 3.89. The second kappa shape index (κ2) is 6.56. The zero-order chi connectivity index (χ0) is 15.6. The molecule has 23 heavy (non-hydrogen) atoms. The molecule has 0 spiro atoms. The van der Waals surface area contributed by atoms with Crippen LogP contribution in [-0.4, -0.2) is 18.2 Å². The number of rotatable bonds is 2. The van der Waals surface area contributed by atoms with E-state index in [9.17, 15) is 0 Å². The maximum absolute atomic E-state index is 5.55. The van der Waals surface area contributed by atoms with Gasteiger partial charge in [-0.3, -0.25) is 4.99 Å². The van der Waals surface area contributed by atoms with Gasteiger partial charge in [-0.2, -0.15) is 0 Å². The van der Waals surface area contributed by atoms with Crippen LogP contribution in [0.5, 0.6) is 5.75 Å². The number of thioether (sulfide) groups is 1. The first-order chi connectivity index (χ1) is 11.3. The van der Waals surface area contributed by atoms with Gasteiger partial charge in [0.15, 0.2) is 0 Å². The first kappa shape index (κ1) is 15.1. The van der Waals surface area contributed by atoms with E-state index in [0.29, 0.717) is 12.0 Å². The van der Waals surface area contributed by atoms with Crippen molar-refractivity contribution in [3.8, 4) is 5.75 Å². The Hall–Kier alpha value is -1.48. The van der Waals surface area contributed by atoms with E-state index in [0.717, 1.165) is 12.2 Å². The number of hydrogen-bond donors (Lipinski definition) is 0. The lowest BCUT2D eigenvalue weighted by molar-refractivity contribution is 0.413. The molecule has 1 unspecified atom stereocenters.